The fraction of sp³-hybridized carbons (Fsp3) is 0.300. The van der Waals surface area contributed by atoms with Crippen molar-refractivity contribution in [2.45, 2.75) is 19.4 Å². The van der Waals surface area contributed by atoms with Crippen molar-refractivity contribution in [3.05, 3.63) is 57.8 Å². The molecule has 2 aromatic heterocycles. The van der Waals surface area contributed by atoms with Crippen molar-refractivity contribution >= 4 is 39.1 Å². The second-order valence-electron chi connectivity index (χ2n) is 6.88. The first-order valence-electron chi connectivity index (χ1n) is 8.89. The number of carboxylic acids is 1. The molecule has 1 aromatic carbocycles. The molecule has 5 nitrogen and oxygen atoms in total. The lowest BCUT2D eigenvalue weighted by Gasteiger charge is -2.30. The van der Waals surface area contributed by atoms with E-state index in [1.54, 1.807) is 0 Å². The topological polar surface area (TPSA) is 57.8 Å². The van der Waals surface area contributed by atoms with E-state index in [0.29, 0.717) is 24.4 Å². The molecule has 1 aliphatic rings. The van der Waals surface area contributed by atoms with Crippen LogP contribution in [0.5, 0.6) is 0 Å². The zero-order valence-corrected chi connectivity index (χ0v) is 16.9. The third kappa shape index (κ3) is 3.88. The summed E-state index contributed by atoms with van der Waals surface area (Å²) in [5.74, 6) is -0.921. The minimum Gasteiger partial charge on any atom is -0.481 e. The molecule has 0 spiro atoms. The summed E-state index contributed by atoms with van der Waals surface area (Å²) in [4.78, 5) is 18.3. The number of likely N-dealkylation sites (tertiary alicyclic amines) is 1. The molecule has 1 fully saturated rings. The first-order chi connectivity index (χ1) is 13.0. The van der Waals surface area contributed by atoms with E-state index in [0.717, 1.165) is 40.2 Å². The van der Waals surface area contributed by atoms with E-state index in [2.05, 4.69) is 20.8 Å². The number of aromatic nitrogens is 2. The Kier molecular flexibility index (Phi) is 5.21. The van der Waals surface area contributed by atoms with Crippen molar-refractivity contribution in [1.29, 1.82) is 0 Å². The molecule has 0 amide bonds. The van der Waals surface area contributed by atoms with Crippen molar-refractivity contribution in [1.82, 2.24) is 14.3 Å². The molecule has 4 rings (SSSR count). The summed E-state index contributed by atoms with van der Waals surface area (Å²) in [5.41, 5.74) is 3.91. The van der Waals surface area contributed by atoms with E-state index in [1.807, 2.05) is 47.0 Å². The van der Waals surface area contributed by atoms with Crippen LogP contribution in [0.4, 0.5) is 0 Å². The van der Waals surface area contributed by atoms with Gasteiger partial charge in [-0.15, -0.1) is 0 Å². The number of halogens is 2. The molecule has 7 heteroatoms. The highest BCUT2D eigenvalue weighted by Gasteiger charge is 2.26. The van der Waals surface area contributed by atoms with Gasteiger partial charge in [0, 0.05) is 22.8 Å². The predicted molar refractivity (Wildman–Crippen MR) is 109 cm³/mol. The molecule has 3 aromatic rings. The number of pyridine rings is 1. The molecule has 0 unspecified atom stereocenters. The standard InChI is InChI=1S/C20H19BrClN3O2/c21-15-3-1-13(2-4-15)19-17(25-11-16(22)5-6-18(25)23-19)12-24-9-7-14(8-10-24)20(26)27/h1-6,11,14H,7-10,12H2,(H,26,27). The fourth-order valence-corrected chi connectivity index (χ4v) is 4.03. The maximum absolute atomic E-state index is 11.2. The summed E-state index contributed by atoms with van der Waals surface area (Å²) in [6, 6.07) is 11.9. The van der Waals surface area contributed by atoms with Crippen LogP contribution in [-0.4, -0.2) is 38.4 Å². The van der Waals surface area contributed by atoms with Crippen LogP contribution in [0.3, 0.4) is 0 Å². The molecule has 1 saturated heterocycles. The molecule has 0 bridgehead atoms. The van der Waals surface area contributed by atoms with Crippen molar-refractivity contribution in [2.75, 3.05) is 13.1 Å². The highest BCUT2D eigenvalue weighted by molar-refractivity contribution is 9.10. The zero-order valence-electron chi connectivity index (χ0n) is 14.6. The summed E-state index contributed by atoms with van der Waals surface area (Å²) in [6.07, 6.45) is 3.26. The Morgan fingerprint density at radius 1 is 1.19 bits per heavy atom. The van der Waals surface area contributed by atoms with Gasteiger partial charge in [0.15, 0.2) is 0 Å². The second-order valence-corrected chi connectivity index (χ2v) is 8.23. The number of imidazole rings is 1. The highest BCUT2D eigenvalue weighted by atomic mass is 79.9. The Hall–Kier alpha value is -1.89. The largest absolute Gasteiger partial charge is 0.481 e. The summed E-state index contributed by atoms with van der Waals surface area (Å²) < 4.78 is 3.07. The van der Waals surface area contributed by atoms with E-state index >= 15 is 0 Å². The van der Waals surface area contributed by atoms with Crippen molar-refractivity contribution < 1.29 is 9.90 Å². The van der Waals surface area contributed by atoms with Gasteiger partial charge in [0.2, 0.25) is 0 Å². The number of hydrogen-bond acceptors (Lipinski definition) is 3. The monoisotopic (exact) mass is 447 g/mol. The average molecular weight is 449 g/mol. The normalized spacial score (nSPS) is 16.1. The van der Waals surface area contributed by atoms with Gasteiger partial charge in [0.05, 0.1) is 22.3 Å². The molecule has 0 aliphatic carbocycles. The van der Waals surface area contributed by atoms with Crippen LogP contribution in [0.1, 0.15) is 18.5 Å². The van der Waals surface area contributed by atoms with E-state index in [9.17, 15) is 9.90 Å². The van der Waals surface area contributed by atoms with Crippen LogP contribution < -0.4 is 0 Å². The minimum absolute atomic E-state index is 0.233. The maximum Gasteiger partial charge on any atom is 0.306 e. The van der Waals surface area contributed by atoms with Crippen LogP contribution in [0.15, 0.2) is 47.1 Å². The molecule has 0 saturated carbocycles. The Morgan fingerprint density at radius 3 is 2.56 bits per heavy atom. The van der Waals surface area contributed by atoms with Gasteiger partial charge in [-0.3, -0.25) is 9.69 Å². The van der Waals surface area contributed by atoms with Gasteiger partial charge >= 0.3 is 5.97 Å². The van der Waals surface area contributed by atoms with Crippen molar-refractivity contribution in [3.8, 4) is 11.3 Å². The quantitative estimate of drug-likeness (QED) is 0.628. The summed E-state index contributed by atoms with van der Waals surface area (Å²) >= 11 is 9.71. The molecular formula is C20H19BrClN3O2. The number of carboxylic acid groups (broad SMARTS) is 1. The van der Waals surface area contributed by atoms with Crippen LogP contribution >= 0.6 is 27.5 Å². The van der Waals surface area contributed by atoms with Gasteiger partial charge in [-0.05, 0) is 50.2 Å². The van der Waals surface area contributed by atoms with Gasteiger partial charge in [-0.1, -0.05) is 39.7 Å². The van der Waals surface area contributed by atoms with Crippen molar-refractivity contribution in [2.24, 2.45) is 5.92 Å². The first kappa shape index (κ1) is 18.5. The molecular weight excluding hydrogens is 430 g/mol. The second kappa shape index (κ2) is 7.62. The summed E-state index contributed by atoms with van der Waals surface area (Å²) in [7, 11) is 0. The lowest BCUT2D eigenvalue weighted by Crippen LogP contribution is -2.36. The van der Waals surface area contributed by atoms with E-state index in [-0.39, 0.29) is 5.92 Å². The van der Waals surface area contributed by atoms with Gasteiger partial charge in [0.1, 0.15) is 5.65 Å². The molecule has 1 aliphatic heterocycles. The number of nitrogens with zero attached hydrogens (tertiary/aromatic N) is 3. The van der Waals surface area contributed by atoms with Crippen LogP contribution in [0.25, 0.3) is 16.9 Å². The SMILES string of the molecule is O=C(O)C1CCN(Cc2c(-c3ccc(Br)cc3)nc3ccc(Cl)cn23)CC1. The molecule has 3 heterocycles. The molecule has 0 atom stereocenters. The van der Waals surface area contributed by atoms with E-state index in [1.165, 1.54) is 0 Å². The minimum atomic E-state index is -0.688. The van der Waals surface area contributed by atoms with Gasteiger partial charge in [-0.25, -0.2) is 4.98 Å². The third-order valence-electron chi connectivity index (χ3n) is 5.11. The lowest BCUT2D eigenvalue weighted by molar-refractivity contribution is -0.143. The van der Waals surface area contributed by atoms with Gasteiger partial charge in [0.25, 0.3) is 0 Å². The molecule has 27 heavy (non-hydrogen) atoms. The van der Waals surface area contributed by atoms with E-state index in [4.69, 9.17) is 16.6 Å². The number of fused-ring (bicyclic) bond motifs is 1. The Bertz CT molecular complexity index is 979. The summed E-state index contributed by atoms with van der Waals surface area (Å²) in [6.45, 7) is 2.24. The number of carbonyl (C=O) groups is 1. The van der Waals surface area contributed by atoms with Crippen LogP contribution in [0, 0.1) is 5.92 Å². The van der Waals surface area contributed by atoms with Gasteiger partial charge in [-0.2, -0.15) is 0 Å². The fourth-order valence-electron chi connectivity index (χ4n) is 3.61. The smallest absolute Gasteiger partial charge is 0.306 e. The molecule has 0 radical (unpaired) electrons. The maximum atomic E-state index is 11.2. The number of piperidine rings is 1. The Balaban J connectivity index is 1.69. The number of aliphatic carboxylic acids is 1. The van der Waals surface area contributed by atoms with Crippen molar-refractivity contribution in [3.63, 3.8) is 0 Å². The molecule has 1 N–H and O–H groups in total. The Morgan fingerprint density at radius 2 is 1.89 bits per heavy atom. The predicted octanol–water partition coefficient (Wildman–Crippen LogP) is 4.71. The lowest BCUT2D eigenvalue weighted by atomic mass is 9.97. The Labute approximate surface area is 170 Å². The third-order valence-corrected chi connectivity index (χ3v) is 5.86. The highest BCUT2D eigenvalue weighted by Crippen LogP contribution is 2.29. The number of hydrogen-bond donors (Lipinski definition) is 1. The van der Waals surface area contributed by atoms with Crippen LogP contribution in [-0.2, 0) is 11.3 Å². The zero-order chi connectivity index (χ0) is 19.0. The van der Waals surface area contributed by atoms with E-state index < -0.39 is 5.97 Å². The molecule has 140 valence electrons. The number of benzene rings is 1. The number of rotatable bonds is 4. The average Bonchev–Trinajstić information content (AvgIpc) is 3.00. The van der Waals surface area contributed by atoms with Crippen LogP contribution in [0.2, 0.25) is 5.02 Å². The summed E-state index contributed by atoms with van der Waals surface area (Å²) in [5, 5.41) is 9.88. The first-order valence-corrected chi connectivity index (χ1v) is 10.1. The van der Waals surface area contributed by atoms with Gasteiger partial charge < -0.3 is 9.51 Å².